The second-order valence-corrected chi connectivity index (χ2v) is 14.4. The number of aromatic hydroxyl groups is 1. The summed E-state index contributed by atoms with van der Waals surface area (Å²) in [4.78, 5) is 30.8. The number of aryl methyl sites for hydroxylation is 1. The predicted octanol–water partition coefficient (Wildman–Crippen LogP) is 6.30. The Hall–Kier alpha value is -2.91. The van der Waals surface area contributed by atoms with Gasteiger partial charge in [-0.15, -0.1) is 11.3 Å². The third-order valence-electron chi connectivity index (χ3n) is 7.45. The van der Waals surface area contributed by atoms with Crippen molar-refractivity contribution in [1.82, 2.24) is 19.7 Å². The van der Waals surface area contributed by atoms with Gasteiger partial charge >= 0.3 is 5.97 Å². The molecule has 1 aromatic carbocycles. The first-order valence-corrected chi connectivity index (χ1v) is 14.8. The number of aliphatic carboxylic acids is 1. The number of aromatic nitrogens is 3. The molecule has 1 fully saturated rings. The first-order valence-electron chi connectivity index (χ1n) is 13.6. The van der Waals surface area contributed by atoms with Crippen LogP contribution in [0.2, 0.25) is 4.34 Å². The normalized spacial score (nSPS) is 15.1. The van der Waals surface area contributed by atoms with E-state index in [1.54, 1.807) is 10.7 Å². The van der Waals surface area contributed by atoms with Crippen LogP contribution in [0.3, 0.4) is 0 Å². The third kappa shape index (κ3) is 6.52. The number of nitrogens with zero attached hydrogens (tertiary/aromatic N) is 4. The van der Waals surface area contributed by atoms with Gasteiger partial charge in [-0.05, 0) is 48.8 Å². The van der Waals surface area contributed by atoms with Gasteiger partial charge in [0.25, 0.3) is 0 Å². The molecule has 0 radical (unpaired) electrons. The van der Waals surface area contributed by atoms with Crippen LogP contribution in [0.15, 0.2) is 18.2 Å². The average molecular weight is 587 g/mol. The zero-order valence-electron chi connectivity index (χ0n) is 24.3. The van der Waals surface area contributed by atoms with E-state index in [4.69, 9.17) is 21.7 Å². The number of carboxylic acid groups (broad SMARTS) is 1. The molecule has 4 rings (SSSR count). The smallest absolute Gasteiger partial charge is 0.309 e. The first kappa shape index (κ1) is 30.1. The minimum absolute atomic E-state index is 0.0297. The van der Waals surface area contributed by atoms with Gasteiger partial charge in [0.2, 0.25) is 5.91 Å². The highest BCUT2D eigenvalue weighted by molar-refractivity contribution is 7.16. The number of carboxylic acids is 1. The molecule has 1 saturated heterocycles. The fraction of sp³-hybridized carbons (Fsp3) is 0.533. The van der Waals surface area contributed by atoms with E-state index in [1.165, 1.54) is 11.3 Å². The molecule has 0 atom stereocenters. The van der Waals surface area contributed by atoms with E-state index < -0.39 is 5.97 Å². The summed E-state index contributed by atoms with van der Waals surface area (Å²) in [6.45, 7) is 15.7. The van der Waals surface area contributed by atoms with Gasteiger partial charge in [0.1, 0.15) is 22.3 Å². The summed E-state index contributed by atoms with van der Waals surface area (Å²) in [5.41, 5.74) is 4.10. The Morgan fingerprint density at radius 2 is 1.62 bits per heavy atom. The van der Waals surface area contributed by atoms with Crippen LogP contribution in [0.1, 0.15) is 87.8 Å². The molecule has 8 nitrogen and oxygen atoms in total. The molecule has 1 aliphatic rings. The molecular weight excluding hydrogens is 548 g/mol. The summed E-state index contributed by atoms with van der Waals surface area (Å²) in [5.74, 6) is -0.443. The van der Waals surface area contributed by atoms with E-state index in [1.807, 2.05) is 24.0 Å². The molecule has 216 valence electrons. The van der Waals surface area contributed by atoms with Crippen LogP contribution in [0.4, 0.5) is 0 Å². The Balaban J connectivity index is 1.49. The average Bonchev–Trinajstić information content (AvgIpc) is 3.39. The molecule has 0 bridgehead atoms. The second kappa shape index (κ2) is 11.2. The number of rotatable bonds is 6. The fourth-order valence-corrected chi connectivity index (χ4v) is 6.54. The van der Waals surface area contributed by atoms with E-state index in [-0.39, 0.29) is 35.6 Å². The van der Waals surface area contributed by atoms with Crippen molar-refractivity contribution in [3.05, 3.63) is 50.1 Å². The Morgan fingerprint density at radius 3 is 2.15 bits per heavy atom. The molecule has 3 aromatic rings. The van der Waals surface area contributed by atoms with Crippen LogP contribution >= 0.6 is 22.9 Å². The minimum Gasteiger partial charge on any atom is -0.507 e. The minimum atomic E-state index is -0.946. The third-order valence-corrected chi connectivity index (χ3v) is 8.86. The monoisotopic (exact) mass is 586 g/mol. The number of phenols is 1. The van der Waals surface area contributed by atoms with Gasteiger partial charge in [0.05, 0.1) is 17.1 Å². The molecule has 0 unspecified atom stereocenters. The zero-order chi connectivity index (χ0) is 29.6. The van der Waals surface area contributed by atoms with Crippen LogP contribution in [0.5, 0.6) is 5.75 Å². The molecule has 40 heavy (non-hydrogen) atoms. The lowest BCUT2D eigenvalue weighted by Gasteiger charge is -2.31. The van der Waals surface area contributed by atoms with E-state index in [0.29, 0.717) is 28.9 Å². The van der Waals surface area contributed by atoms with Crippen molar-refractivity contribution in [3.63, 3.8) is 0 Å². The van der Waals surface area contributed by atoms with E-state index in [2.05, 4.69) is 46.6 Å². The SMILES string of the molecule is Cc1cc(CC(=O)O)nn1CC(=O)N1CCC(c2nc(-c3cc(C(C)(C)C)c(O)c(C(C)(C)C)c3)c(Cl)s2)CC1. The number of likely N-dealkylation sites (tertiary alicyclic amines) is 1. The molecule has 0 spiro atoms. The van der Waals surface area contributed by atoms with Crippen molar-refractivity contribution in [2.45, 2.75) is 91.0 Å². The molecule has 1 amide bonds. The topological polar surface area (TPSA) is 109 Å². The number of benzene rings is 1. The van der Waals surface area contributed by atoms with Gasteiger partial charge in [0.15, 0.2) is 0 Å². The van der Waals surface area contributed by atoms with Crippen molar-refractivity contribution in [2.75, 3.05) is 13.1 Å². The molecule has 10 heteroatoms. The van der Waals surface area contributed by atoms with E-state index >= 15 is 0 Å². The lowest BCUT2D eigenvalue weighted by atomic mass is 9.78. The quantitative estimate of drug-likeness (QED) is 0.351. The Morgan fingerprint density at radius 1 is 1.05 bits per heavy atom. The maximum atomic E-state index is 13.0. The fourth-order valence-electron chi connectivity index (χ4n) is 5.17. The molecule has 1 aliphatic heterocycles. The Labute approximate surface area is 245 Å². The first-order chi connectivity index (χ1) is 18.5. The molecule has 3 heterocycles. The van der Waals surface area contributed by atoms with Crippen LogP contribution in [0.25, 0.3) is 11.3 Å². The molecule has 2 N–H and O–H groups in total. The number of hydrogen-bond acceptors (Lipinski definition) is 6. The highest BCUT2D eigenvalue weighted by atomic mass is 35.5. The largest absolute Gasteiger partial charge is 0.507 e. The second-order valence-electron chi connectivity index (χ2n) is 12.8. The standard InChI is InChI=1S/C30H39ClN4O4S/c1-17-12-20(15-24(37)38)33-35(17)16-23(36)34-10-8-18(9-11-34)28-32-25(27(31)40-28)19-13-21(29(2,3)4)26(39)22(14-19)30(5,6)7/h12-14,18,39H,8-11,15-16H2,1-7H3,(H,37,38). The van der Waals surface area contributed by atoms with Crippen LogP contribution < -0.4 is 0 Å². The Kier molecular flexibility index (Phi) is 8.39. The van der Waals surface area contributed by atoms with Gasteiger partial charge in [-0.1, -0.05) is 53.1 Å². The molecule has 0 aliphatic carbocycles. The highest BCUT2D eigenvalue weighted by Crippen LogP contribution is 2.45. The molecule has 2 aromatic heterocycles. The number of thiazole rings is 1. The lowest BCUT2D eigenvalue weighted by Crippen LogP contribution is -2.40. The Bertz CT molecular complexity index is 1390. The summed E-state index contributed by atoms with van der Waals surface area (Å²) in [5, 5.41) is 25.4. The maximum Gasteiger partial charge on any atom is 0.309 e. The summed E-state index contributed by atoms with van der Waals surface area (Å²) in [6, 6.07) is 5.73. The maximum absolute atomic E-state index is 13.0. The summed E-state index contributed by atoms with van der Waals surface area (Å²) >= 11 is 8.27. The van der Waals surface area contributed by atoms with E-state index in [9.17, 15) is 14.7 Å². The molecule has 0 saturated carbocycles. The van der Waals surface area contributed by atoms with Gasteiger partial charge in [-0.25, -0.2) is 4.98 Å². The molecular formula is C30H39ClN4O4S. The van der Waals surface area contributed by atoms with Gasteiger partial charge in [0, 0.05) is 41.4 Å². The summed E-state index contributed by atoms with van der Waals surface area (Å²) < 4.78 is 2.21. The van der Waals surface area contributed by atoms with Crippen molar-refractivity contribution in [1.29, 1.82) is 0 Å². The number of amides is 1. The van der Waals surface area contributed by atoms with Gasteiger partial charge in [-0.3, -0.25) is 14.3 Å². The van der Waals surface area contributed by atoms with Crippen molar-refractivity contribution in [3.8, 4) is 17.0 Å². The number of carbonyl (C=O) groups excluding carboxylic acids is 1. The summed E-state index contributed by atoms with van der Waals surface area (Å²) in [6.07, 6.45) is 1.41. The number of carbonyl (C=O) groups is 2. The number of halogens is 1. The zero-order valence-corrected chi connectivity index (χ0v) is 25.9. The lowest BCUT2D eigenvalue weighted by molar-refractivity contribution is -0.136. The van der Waals surface area contributed by atoms with Crippen LogP contribution in [0, 0.1) is 6.92 Å². The number of phenolic OH excluding ortho intramolecular Hbond substituents is 1. The van der Waals surface area contributed by atoms with Gasteiger partial charge in [-0.2, -0.15) is 5.10 Å². The van der Waals surface area contributed by atoms with Crippen molar-refractivity contribution < 1.29 is 19.8 Å². The highest BCUT2D eigenvalue weighted by Gasteiger charge is 2.30. The van der Waals surface area contributed by atoms with Crippen LogP contribution in [-0.2, 0) is 33.4 Å². The number of hydrogen-bond donors (Lipinski definition) is 2. The van der Waals surface area contributed by atoms with Crippen LogP contribution in [-0.4, -0.2) is 54.8 Å². The van der Waals surface area contributed by atoms with E-state index in [0.717, 1.165) is 45.9 Å². The predicted molar refractivity (Wildman–Crippen MR) is 158 cm³/mol. The van der Waals surface area contributed by atoms with Gasteiger partial charge < -0.3 is 15.1 Å². The van der Waals surface area contributed by atoms with Crippen molar-refractivity contribution in [2.24, 2.45) is 0 Å². The van der Waals surface area contributed by atoms with Crippen molar-refractivity contribution >= 4 is 34.8 Å². The number of piperidine rings is 1. The summed E-state index contributed by atoms with van der Waals surface area (Å²) in [7, 11) is 0.